The van der Waals surface area contributed by atoms with Gasteiger partial charge in [-0.2, -0.15) is 0 Å². The minimum atomic E-state index is -2.38. The van der Waals surface area contributed by atoms with E-state index in [9.17, 15) is 0 Å². The van der Waals surface area contributed by atoms with Crippen LogP contribution in [0.15, 0.2) is 13.5 Å². The van der Waals surface area contributed by atoms with Gasteiger partial charge in [-0.25, -0.2) is 13.5 Å². The Hall–Kier alpha value is 1.27. The molecule has 0 amide bonds. The Bertz CT molecular complexity index is 280. The summed E-state index contributed by atoms with van der Waals surface area (Å²) in [7, 11) is -3.18. The highest BCUT2D eigenvalue weighted by molar-refractivity contribution is 8.13. The van der Waals surface area contributed by atoms with Crippen LogP contribution in [-0.4, -0.2) is 26.7 Å². The van der Waals surface area contributed by atoms with Crippen molar-refractivity contribution in [1.82, 2.24) is 0 Å². The average Bonchev–Trinajstić information content (AvgIpc) is 1.44. The summed E-state index contributed by atoms with van der Waals surface area (Å²) in [6, 6.07) is 0. The summed E-state index contributed by atoms with van der Waals surface area (Å²) in [5.74, 6) is -2.38. The third-order valence-electron chi connectivity index (χ3n) is 1.09. The second-order valence-electron chi connectivity index (χ2n) is 3.40. The highest BCUT2D eigenvalue weighted by Crippen LogP contribution is 2.78. The maximum atomic E-state index is 5.98. The standard InChI is InChI=1S/C4H12Cl2N3P3/c1-10(2)7-11(3,4)9-12(5,6)8-10/h1-4H3. The molecule has 0 spiro atoms. The van der Waals surface area contributed by atoms with Crippen LogP contribution < -0.4 is 0 Å². The predicted molar refractivity (Wildman–Crippen MR) is 63.4 cm³/mol. The Morgan fingerprint density at radius 1 is 0.750 bits per heavy atom. The van der Waals surface area contributed by atoms with E-state index in [-0.39, 0.29) is 0 Å². The van der Waals surface area contributed by atoms with E-state index in [2.05, 4.69) is 13.5 Å². The van der Waals surface area contributed by atoms with Crippen molar-refractivity contribution in [3.63, 3.8) is 0 Å². The first-order chi connectivity index (χ1) is 5.12. The van der Waals surface area contributed by atoms with E-state index in [1.807, 2.05) is 26.7 Å². The maximum Gasteiger partial charge on any atom is 0.253 e. The Morgan fingerprint density at radius 2 is 1.17 bits per heavy atom. The fourth-order valence-electron chi connectivity index (χ4n) is 1.12. The Kier molecular flexibility index (Phi) is 2.97. The molecule has 0 unspecified atom stereocenters. The molecule has 0 radical (unpaired) electrons. The molecule has 0 saturated heterocycles. The molecule has 72 valence electrons. The third-order valence-corrected chi connectivity index (χ3v) is 12.3. The zero-order chi connectivity index (χ0) is 9.62. The van der Waals surface area contributed by atoms with Crippen LogP contribution in [0.1, 0.15) is 0 Å². The van der Waals surface area contributed by atoms with Crippen LogP contribution in [0.4, 0.5) is 0 Å². The lowest BCUT2D eigenvalue weighted by Gasteiger charge is -2.23. The molecule has 0 bridgehead atoms. The first kappa shape index (κ1) is 11.3. The fourth-order valence-corrected chi connectivity index (χ4v) is 17.0. The van der Waals surface area contributed by atoms with Crippen LogP contribution in [0.25, 0.3) is 0 Å². The van der Waals surface area contributed by atoms with Crippen molar-refractivity contribution < 1.29 is 0 Å². The van der Waals surface area contributed by atoms with Gasteiger partial charge < -0.3 is 0 Å². The SMILES string of the molecule is CP1(C)=NP(C)(C)=NP(Cl)(Cl)=N1. The molecule has 0 atom stereocenters. The molecule has 0 aromatic carbocycles. The van der Waals surface area contributed by atoms with Gasteiger partial charge in [-0.05, 0) is 49.1 Å². The van der Waals surface area contributed by atoms with Crippen molar-refractivity contribution in [2.75, 3.05) is 26.7 Å². The molecule has 0 N–H and O–H groups in total. The Balaban J connectivity index is 3.46. The normalized spacial score (nSPS) is 29.5. The molecule has 0 aromatic heterocycles. The van der Waals surface area contributed by atoms with E-state index in [0.29, 0.717) is 0 Å². The van der Waals surface area contributed by atoms with Gasteiger partial charge in [0.2, 0.25) is 0 Å². The predicted octanol–water partition coefficient (Wildman–Crippen LogP) is 5.18. The summed E-state index contributed by atoms with van der Waals surface area (Å²) in [4.78, 5) is 0. The van der Waals surface area contributed by atoms with E-state index in [1.54, 1.807) is 0 Å². The zero-order valence-electron chi connectivity index (χ0n) is 7.44. The molecule has 1 heterocycles. The lowest BCUT2D eigenvalue weighted by Crippen LogP contribution is -1.78. The Labute approximate surface area is 83.2 Å². The van der Waals surface area contributed by atoms with Gasteiger partial charge >= 0.3 is 0 Å². The van der Waals surface area contributed by atoms with Crippen LogP contribution >= 0.6 is 42.8 Å². The number of hydrogen-bond donors (Lipinski definition) is 0. The van der Waals surface area contributed by atoms with Crippen molar-refractivity contribution in [2.24, 2.45) is 13.5 Å². The molecule has 8 heteroatoms. The van der Waals surface area contributed by atoms with E-state index in [0.717, 1.165) is 0 Å². The summed E-state index contributed by atoms with van der Waals surface area (Å²) >= 11 is 12.0. The van der Waals surface area contributed by atoms with Crippen LogP contribution in [-0.2, 0) is 0 Å². The largest absolute Gasteiger partial charge is 0.253 e. The highest BCUT2D eigenvalue weighted by atomic mass is 35.9. The lowest BCUT2D eigenvalue weighted by atomic mass is 11.9. The van der Waals surface area contributed by atoms with Crippen molar-refractivity contribution in [3.8, 4) is 0 Å². The van der Waals surface area contributed by atoms with E-state index < -0.39 is 20.3 Å². The molecule has 12 heavy (non-hydrogen) atoms. The van der Waals surface area contributed by atoms with Gasteiger partial charge in [0, 0.05) is 0 Å². The highest BCUT2D eigenvalue weighted by Gasteiger charge is 2.23. The monoisotopic (exact) mass is 265 g/mol. The molecule has 1 rings (SSSR count). The van der Waals surface area contributed by atoms with Gasteiger partial charge in [0.05, 0.1) is 14.4 Å². The number of nitrogens with zero attached hydrogens (tertiary/aromatic N) is 3. The first-order valence-electron chi connectivity index (χ1n) is 3.33. The number of halogens is 2. The quantitative estimate of drug-likeness (QED) is 0.542. The maximum absolute atomic E-state index is 5.98. The second-order valence-corrected chi connectivity index (χ2v) is 15.1. The van der Waals surface area contributed by atoms with Gasteiger partial charge in [-0.1, -0.05) is 0 Å². The molecule has 0 aromatic rings. The fraction of sp³-hybridized carbons (Fsp3) is 1.00. The number of rotatable bonds is 0. The van der Waals surface area contributed by atoms with Gasteiger partial charge in [0.15, 0.2) is 0 Å². The minimum Gasteiger partial charge on any atom is -0.241 e. The second kappa shape index (κ2) is 3.14. The molecule has 0 aliphatic carbocycles. The van der Waals surface area contributed by atoms with E-state index in [4.69, 9.17) is 22.5 Å². The van der Waals surface area contributed by atoms with Gasteiger partial charge in [-0.3, -0.25) is 0 Å². The first-order valence-corrected chi connectivity index (χ1v) is 12.0. The average molecular weight is 266 g/mol. The molecule has 0 fully saturated rings. The summed E-state index contributed by atoms with van der Waals surface area (Å²) in [6.07, 6.45) is 0. The summed E-state index contributed by atoms with van der Waals surface area (Å²) < 4.78 is 13.2. The molecule has 3 nitrogen and oxygen atoms in total. The summed E-state index contributed by atoms with van der Waals surface area (Å²) in [5.41, 5.74) is 0. The van der Waals surface area contributed by atoms with Crippen molar-refractivity contribution in [3.05, 3.63) is 0 Å². The Morgan fingerprint density at radius 3 is 1.50 bits per heavy atom. The number of hydrogen-bond acceptors (Lipinski definition) is 3. The van der Waals surface area contributed by atoms with Crippen molar-refractivity contribution >= 4 is 42.8 Å². The summed E-state index contributed by atoms with van der Waals surface area (Å²) in [6.45, 7) is 8.07. The van der Waals surface area contributed by atoms with E-state index >= 15 is 0 Å². The third kappa shape index (κ3) is 3.20. The summed E-state index contributed by atoms with van der Waals surface area (Å²) in [5, 5.41) is 0. The van der Waals surface area contributed by atoms with Crippen LogP contribution in [0.3, 0.4) is 0 Å². The van der Waals surface area contributed by atoms with Gasteiger partial charge in [0.1, 0.15) is 0 Å². The molecular weight excluding hydrogens is 254 g/mol. The van der Waals surface area contributed by atoms with Crippen molar-refractivity contribution in [1.29, 1.82) is 0 Å². The molecule has 1 aliphatic rings. The minimum absolute atomic E-state index is 1.59. The molecule has 1 aliphatic heterocycles. The molecular formula is C4H12Cl2N3P3. The van der Waals surface area contributed by atoms with Gasteiger partial charge in [0.25, 0.3) is 5.91 Å². The van der Waals surface area contributed by atoms with E-state index in [1.165, 1.54) is 0 Å². The van der Waals surface area contributed by atoms with Crippen molar-refractivity contribution in [2.45, 2.75) is 0 Å². The van der Waals surface area contributed by atoms with Crippen LogP contribution in [0, 0.1) is 0 Å². The zero-order valence-corrected chi connectivity index (χ0v) is 11.6. The van der Waals surface area contributed by atoms with Crippen LogP contribution in [0.2, 0.25) is 0 Å². The molecule has 0 saturated carbocycles. The smallest absolute Gasteiger partial charge is 0.241 e. The lowest BCUT2D eigenvalue weighted by molar-refractivity contribution is 1.66. The van der Waals surface area contributed by atoms with Crippen LogP contribution in [0.5, 0.6) is 0 Å². The van der Waals surface area contributed by atoms with Gasteiger partial charge in [-0.15, -0.1) is 0 Å². The topological polar surface area (TPSA) is 37.1 Å².